The number of fused-ring (bicyclic) bond motifs is 1. The Bertz CT molecular complexity index is 703. The van der Waals surface area contributed by atoms with E-state index >= 15 is 0 Å². The number of carbonyl (C=O) groups is 2. The van der Waals surface area contributed by atoms with Gasteiger partial charge in [0.1, 0.15) is 11.3 Å². The molecule has 2 rings (SSSR count). The van der Waals surface area contributed by atoms with E-state index in [4.69, 9.17) is 0 Å². The summed E-state index contributed by atoms with van der Waals surface area (Å²) in [6.45, 7) is 4.27. The molecule has 0 spiro atoms. The van der Waals surface area contributed by atoms with E-state index in [0.717, 1.165) is 11.2 Å². The molecule has 2 aromatic rings. The second kappa shape index (κ2) is 6.60. The number of hydrogen-bond donors (Lipinski definition) is 1. The lowest BCUT2D eigenvalue weighted by Gasteiger charge is -2.10. The minimum Gasteiger partial charge on any atom is -0.351 e. The van der Waals surface area contributed by atoms with E-state index in [-0.39, 0.29) is 11.8 Å². The summed E-state index contributed by atoms with van der Waals surface area (Å²) in [5.41, 5.74) is 3.09. The van der Waals surface area contributed by atoms with Gasteiger partial charge in [0, 0.05) is 33.3 Å². The Labute approximate surface area is 130 Å². The van der Waals surface area contributed by atoms with Crippen LogP contribution in [0.5, 0.6) is 0 Å². The molecular weight excluding hydrogens is 280 g/mol. The highest BCUT2D eigenvalue weighted by molar-refractivity contribution is 5.94. The van der Waals surface area contributed by atoms with Gasteiger partial charge in [-0.05, 0) is 31.9 Å². The van der Waals surface area contributed by atoms with Gasteiger partial charge in [0.15, 0.2) is 0 Å². The Kier molecular flexibility index (Phi) is 4.80. The maximum atomic E-state index is 12.4. The van der Waals surface area contributed by atoms with Crippen molar-refractivity contribution in [2.24, 2.45) is 0 Å². The summed E-state index contributed by atoms with van der Waals surface area (Å²) in [5.74, 6) is -0.0937. The number of nitrogens with zero attached hydrogens (tertiary/aromatic N) is 3. The second-order valence-corrected chi connectivity index (χ2v) is 5.58. The van der Waals surface area contributed by atoms with Crippen molar-refractivity contribution in [1.29, 1.82) is 0 Å². The fourth-order valence-corrected chi connectivity index (χ4v) is 2.34. The SMILES string of the molecule is Cc1nc2c(C)cccn2c1C(=O)NCCCC(=O)N(C)C. The highest BCUT2D eigenvalue weighted by Crippen LogP contribution is 2.15. The minimum absolute atomic E-state index is 0.0656. The van der Waals surface area contributed by atoms with Crippen molar-refractivity contribution in [3.8, 4) is 0 Å². The summed E-state index contributed by atoms with van der Waals surface area (Å²) in [6, 6.07) is 3.87. The number of aromatic nitrogens is 2. The maximum absolute atomic E-state index is 12.4. The number of rotatable bonds is 5. The molecule has 0 saturated heterocycles. The number of amides is 2. The van der Waals surface area contributed by atoms with Gasteiger partial charge in [0.05, 0.1) is 5.69 Å². The predicted octanol–water partition coefficient (Wildman–Crippen LogP) is 1.55. The summed E-state index contributed by atoms with van der Waals surface area (Å²) in [5, 5.41) is 2.86. The first-order valence-electron chi connectivity index (χ1n) is 7.34. The smallest absolute Gasteiger partial charge is 0.270 e. The number of aryl methyl sites for hydroxylation is 2. The van der Waals surface area contributed by atoms with E-state index in [2.05, 4.69) is 10.3 Å². The summed E-state index contributed by atoms with van der Waals surface area (Å²) in [7, 11) is 3.45. The van der Waals surface area contributed by atoms with Crippen LogP contribution in [0.15, 0.2) is 18.3 Å². The van der Waals surface area contributed by atoms with Crippen molar-refractivity contribution in [1.82, 2.24) is 19.6 Å². The molecule has 0 aromatic carbocycles. The lowest BCUT2D eigenvalue weighted by Crippen LogP contribution is -2.28. The lowest BCUT2D eigenvalue weighted by molar-refractivity contribution is -0.128. The van der Waals surface area contributed by atoms with Gasteiger partial charge in [-0.25, -0.2) is 4.98 Å². The van der Waals surface area contributed by atoms with Crippen LogP contribution in [0.25, 0.3) is 5.65 Å². The van der Waals surface area contributed by atoms with E-state index in [9.17, 15) is 9.59 Å². The lowest BCUT2D eigenvalue weighted by atomic mass is 10.2. The van der Waals surface area contributed by atoms with Crippen LogP contribution in [-0.4, -0.2) is 46.7 Å². The maximum Gasteiger partial charge on any atom is 0.270 e. The van der Waals surface area contributed by atoms with Gasteiger partial charge in [0.2, 0.25) is 5.91 Å². The Morgan fingerprint density at radius 3 is 2.73 bits per heavy atom. The van der Waals surface area contributed by atoms with Crippen LogP contribution in [0, 0.1) is 13.8 Å². The van der Waals surface area contributed by atoms with Crippen LogP contribution in [-0.2, 0) is 4.79 Å². The molecule has 22 heavy (non-hydrogen) atoms. The van der Waals surface area contributed by atoms with Crippen molar-refractivity contribution in [3.63, 3.8) is 0 Å². The number of imidazole rings is 1. The van der Waals surface area contributed by atoms with Crippen molar-refractivity contribution >= 4 is 17.5 Å². The first-order valence-corrected chi connectivity index (χ1v) is 7.34. The molecule has 1 N–H and O–H groups in total. The molecule has 6 heteroatoms. The molecule has 0 radical (unpaired) electrons. The van der Waals surface area contributed by atoms with Crippen LogP contribution in [0.2, 0.25) is 0 Å². The van der Waals surface area contributed by atoms with Gasteiger partial charge in [-0.2, -0.15) is 0 Å². The van der Waals surface area contributed by atoms with E-state index in [1.54, 1.807) is 19.0 Å². The first-order chi connectivity index (χ1) is 10.4. The van der Waals surface area contributed by atoms with E-state index in [0.29, 0.717) is 30.8 Å². The summed E-state index contributed by atoms with van der Waals surface area (Å²) < 4.78 is 1.81. The standard InChI is InChI=1S/C16H22N4O2/c1-11-7-6-10-20-14(12(2)18-15(11)20)16(22)17-9-5-8-13(21)19(3)4/h6-7,10H,5,8-9H2,1-4H3,(H,17,22). The zero-order valence-electron chi connectivity index (χ0n) is 13.5. The fraction of sp³-hybridized carbons (Fsp3) is 0.438. The quantitative estimate of drug-likeness (QED) is 0.852. The molecule has 2 aromatic heterocycles. The number of carbonyl (C=O) groups excluding carboxylic acids is 2. The molecule has 0 bridgehead atoms. The molecular formula is C16H22N4O2. The molecule has 0 fully saturated rings. The molecule has 0 unspecified atom stereocenters. The third-order valence-electron chi connectivity index (χ3n) is 3.59. The highest BCUT2D eigenvalue weighted by atomic mass is 16.2. The molecule has 0 aliphatic carbocycles. The van der Waals surface area contributed by atoms with Gasteiger partial charge in [-0.3, -0.25) is 14.0 Å². The second-order valence-electron chi connectivity index (χ2n) is 5.58. The van der Waals surface area contributed by atoms with E-state index in [1.165, 1.54) is 0 Å². The van der Waals surface area contributed by atoms with Gasteiger partial charge >= 0.3 is 0 Å². The predicted molar refractivity (Wildman–Crippen MR) is 84.9 cm³/mol. The van der Waals surface area contributed by atoms with Crippen molar-refractivity contribution in [2.45, 2.75) is 26.7 Å². The van der Waals surface area contributed by atoms with Crippen molar-refractivity contribution in [3.05, 3.63) is 35.3 Å². The van der Waals surface area contributed by atoms with Crippen LogP contribution >= 0.6 is 0 Å². The van der Waals surface area contributed by atoms with Gasteiger partial charge in [0.25, 0.3) is 5.91 Å². The Morgan fingerprint density at radius 1 is 1.32 bits per heavy atom. The molecule has 0 aliphatic heterocycles. The zero-order valence-corrected chi connectivity index (χ0v) is 13.5. The summed E-state index contributed by atoms with van der Waals surface area (Å²) >= 11 is 0. The topological polar surface area (TPSA) is 66.7 Å². The van der Waals surface area contributed by atoms with Gasteiger partial charge < -0.3 is 10.2 Å². The minimum atomic E-state index is -0.159. The van der Waals surface area contributed by atoms with Gasteiger partial charge in [-0.1, -0.05) is 6.07 Å². The first kappa shape index (κ1) is 16.0. The number of pyridine rings is 1. The number of hydrogen-bond acceptors (Lipinski definition) is 3. The molecule has 2 heterocycles. The van der Waals surface area contributed by atoms with E-state index in [1.807, 2.05) is 36.6 Å². The average Bonchev–Trinajstić information content (AvgIpc) is 2.80. The summed E-state index contributed by atoms with van der Waals surface area (Å²) in [4.78, 5) is 29.9. The van der Waals surface area contributed by atoms with Crippen LogP contribution in [0.1, 0.15) is 34.6 Å². The average molecular weight is 302 g/mol. The van der Waals surface area contributed by atoms with Crippen molar-refractivity contribution < 1.29 is 9.59 Å². The van der Waals surface area contributed by atoms with Crippen LogP contribution in [0.3, 0.4) is 0 Å². The Hall–Kier alpha value is -2.37. The largest absolute Gasteiger partial charge is 0.351 e. The number of nitrogens with one attached hydrogen (secondary N) is 1. The molecule has 0 atom stereocenters. The Balaban J connectivity index is 2.03. The monoisotopic (exact) mass is 302 g/mol. The molecule has 0 aliphatic rings. The molecule has 0 saturated carbocycles. The van der Waals surface area contributed by atoms with Crippen molar-refractivity contribution in [2.75, 3.05) is 20.6 Å². The zero-order chi connectivity index (χ0) is 16.3. The van der Waals surface area contributed by atoms with Gasteiger partial charge in [-0.15, -0.1) is 0 Å². The molecule has 118 valence electrons. The van der Waals surface area contributed by atoms with E-state index < -0.39 is 0 Å². The third kappa shape index (κ3) is 3.27. The normalized spacial score (nSPS) is 10.7. The Morgan fingerprint density at radius 2 is 2.05 bits per heavy atom. The fourth-order valence-electron chi connectivity index (χ4n) is 2.34. The molecule has 6 nitrogen and oxygen atoms in total. The highest BCUT2D eigenvalue weighted by Gasteiger charge is 2.17. The van der Waals surface area contributed by atoms with Crippen LogP contribution < -0.4 is 5.32 Å². The van der Waals surface area contributed by atoms with Crippen LogP contribution in [0.4, 0.5) is 0 Å². The summed E-state index contributed by atoms with van der Waals surface area (Å²) in [6.07, 6.45) is 2.89. The molecule has 2 amide bonds. The third-order valence-corrected chi connectivity index (χ3v) is 3.59.